The van der Waals surface area contributed by atoms with Gasteiger partial charge in [0.05, 0.1) is 6.20 Å². The zero-order valence-electron chi connectivity index (χ0n) is 18.9. The number of aromatic nitrogens is 2. The van der Waals surface area contributed by atoms with Gasteiger partial charge in [0.25, 0.3) is 0 Å². The van der Waals surface area contributed by atoms with Gasteiger partial charge in [-0.2, -0.15) is 0 Å². The quantitative estimate of drug-likeness (QED) is 0.566. The van der Waals surface area contributed by atoms with Gasteiger partial charge in [0.15, 0.2) is 17.3 Å². The van der Waals surface area contributed by atoms with Crippen molar-refractivity contribution in [3.63, 3.8) is 0 Å². The summed E-state index contributed by atoms with van der Waals surface area (Å²) in [5.74, 6) is 0.964. The predicted octanol–water partition coefficient (Wildman–Crippen LogP) is 2.14. The fraction of sp³-hybridized carbons (Fsp3) is 0.565. The van der Waals surface area contributed by atoms with E-state index in [9.17, 15) is 5.11 Å². The smallest absolute Gasteiger partial charge is 0.171 e. The third kappa shape index (κ3) is 5.50. The Morgan fingerprint density at radius 3 is 2.44 bits per heavy atom. The Morgan fingerprint density at radius 2 is 1.81 bits per heavy atom. The molecule has 2 fully saturated rings. The lowest BCUT2D eigenvalue weighted by Crippen LogP contribution is -2.64. The van der Waals surface area contributed by atoms with Crippen LogP contribution < -0.4 is 16.0 Å². The molecule has 0 amide bonds. The van der Waals surface area contributed by atoms with Crippen LogP contribution in [0.1, 0.15) is 32.3 Å². The molecule has 8 nitrogen and oxygen atoms in total. The lowest BCUT2D eigenvalue weighted by Gasteiger charge is -2.47. The van der Waals surface area contributed by atoms with E-state index in [0.29, 0.717) is 6.04 Å². The fourth-order valence-electron chi connectivity index (χ4n) is 4.93. The minimum atomic E-state index is -0.672. The van der Waals surface area contributed by atoms with Crippen molar-refractivity contribution < 1.29 is 5.11 Å². The van der Waals surface area contributed by atoms with Crippen LogP contribution in [0.15, 0.2) is 36.5 Å². The van der Waals surface area contributed by atoms with Gasteiger partial charge in [-0.15, -0.1) is 0 Å². The second kappa shape index (κ2) is 10.3. The van der Waals surface area contributed by atoms with Crippen molar-refractivity contribution in [2.24, 2.45) is 0 Å². The van der Waals surface area contributed by atoms with Gasteiger partial charge in [-0.25, -0.2) is 9.97 Å². The number of nitrogens with two attached hydrogens (primary N) is 1. The highest BCUT2D eigenvalue weighted by Crippen LogP contribution is 2.24. The predicted molar refractivity (Wildman–Crippen MR) is 128 cm³/mol. The average molecular weight is 460 g/mol. The number of aliphatic hydroxyl groups is 1. The number of hydrogen-bond acceptors (Lipinski definition) is 8. The highest BCUT2D eigenvalue weighted by atomic mass is 35.5. The minimum absolute atomic E-state index is 0.137. The normalized spacial score (nSPS) is 24.6. The number of piperazine rings is 1. The Morgan fingerprint density at radius 1 is 1.16 bits per heavy atom. The van der Waals surface area contributed by atoms with E-state index < -0.39 is 6.35 Å². The molecule has 2 aliphatic heterocycles. The third-order valence-corrected chi connectivity index (χ3v) is 6.85. The number of likely N-dealkylation sites (tertiary alicyclic amines) is 1. The van der Waals surface area contributed by atoms with Gasteiger partial charge in [0.2, 0.25) is 0 Å². The Labute approximate surface area is 195 Å². The highest BCUT2D eigenvalue weighted by molar-refractivity contribution is 6.31. The van der Waals surface area contributed by atoms with Crippen LogP contribution in [0.2, 0.25) is 5.15 Å². The number of hydrogen-bond donors (Lipinski definition) is 3. The summed E-state index contributed by atoms with van der Waals surface area (Å²) in [6, 6.07) is 11.2. The van der Waals surface area contributed by atoms with Gasteiger partial charge in [-0.3, -0.25) is 15.1 Å². The number of rotatable bonds is 6. The molecule has 1 unspecified atom stereocenters. The largest absolute Gasteiger partial charge is 0.381 e. The van der Waals surface area contributed by atoms with Crippen LogP contribution in [0, 0.1) is 0 Å². The monoisotopic (exact) mass is 459 g/mol. The SMILES string of the molecule is C[C@@H]1CN(c2cnc(Cl)c(N)n2)C[C@H](C)N1C(O)NC1CCN(Cc2ccccc2)CC1. The van der Waals surface area contributed by atoms with Gasteiger partial charge < -0.3 is 15.7 Å². The van der Waals surface area contributed by atoms with Gasteiger partial charge in [-0.1, -0.05) is 41.9 Å². The van der Waals surface area contributed by atoms with Crippen molar-refractivity contribution >= 4 is 23.2 Å². The summed E-state index contributed by atoms with van der Waals surface area (Å²) in [6.07, 6.45) is 3.05. The molecule has 1 aromatic carbocycles. The summed E-state index contributed by atoms with van der Waals surface area (Å²) >= 11 is 5.91. The molecule has 1 aromatic heterocycles. The fourth-order valence-corrected chi connectivity index (χ4v) is 5.02. The lowest BCUT2D eigenvalue weighted by atomic mass is 10.0. The summed E-state index contributed by atoms with van der Waals surface area (Å²) in [6.45, 7) is 8.78. The van der Waals surface area contributed by atoms with Gasteiger partial charge in [0.1, 0.15) is 5.82 Å². The number of nitrogens with zero attached hydrogens (tertiary/aromatic N) is 5. The summed E-state index contributed by atoms with van der Waals surface area (Å²) in [5, 5.41) is 14.7. The Hall–Kier alpha value is -1.97. The number of nitrogen functional groups attached to an aromatic ring is 1. The Kier molecular flexibility index (Phi) is 7.48. The number of benzene rings is 1. The van der Waals surface area contributed by atoms with E-state index in [1.165, 1.54) is 5.56 Å². The molecule has 9 heteroatoms. The molecule has 0 aliphatic carbocycles. The van der Waals surface area contributed by atoms with Crippen molar-refractivity contribution in [2.75, 3.05) is 36.8 Å². The second-order valence-corrected chi connectivity index (χ2v) is 9.39. The standard InChI is InChI=1S/C23H34ClN7O/c1-16-13-30(20-12-26-21(24)22(25)28-20)14-17(2)31(16)23(32)27-19-8-10-29(11-9-19)15-18-6-4-3-5-7-18/h3-7,12,16-17,19,23,27,32H,8-11,13-15H2,1-2H3,(H2,25,28)/t16-,17+,23?. The molecule has 3 heterocycles. The highest BCUT2D eigenvalue weighted by Gasteiger charge is 2.35. The van der Waals surface area contributed by atoms with E-state index in [1.54, 1.807) is 6.20 Å². The van der Waals surface area contributed by atoms with Gasteiger partial charge >= 0.3 is 0 Å². The van der Waals surface area contributed by atoms with E-state index in [4.69, 9.17) is 17.3 Å². The van der Waals surface area contributed by atoms with Crippen LogP contribution in [0.25, 0.3) is 0 Å². The molecule has 3 atom stereocenters. The maximum Gasteiger partial charge on any atom is 0.171 e. The first-order valence-electron chi connectivity index (χ1n) is 11.4. The number of piperidine rings is 1. The van der Waals surface area contributed by atoms with E-state index in [2.05, 4.69) is 74.2 Å². The number of anilines is 2. The van der Waals surface area contributed by atoms with Crippen LogP contribution in [0.5, 0.6) is 0 Å². The zero-order chi connectivity index (χ0) is 22.7. The molecular formula is C23H34ClN7O. The van der Waals surface area contributed by atoms with Crippen LogP contribution in [0.3, 0.4) is 0 Å². The van der Waals surface area contributed by atoms with Crippen LogP contribution in [0.4, 0.5) is 11.6 Å². The molecule has 0 radical (unpaired) electrons. The molecule has 32 heavy (non-hydrogen) atoms. The van der Waals surface area contributed by atoms with Crippen molar-refractivity contribution in [2.45, 2.75) is 57.7 Å². The number of nitrogens with one attached hydrogen (secondary N) is 1. The first-order valence-corrected chi connectivity index (χ1v) is 11.8. The lowest BCUT2D eigenvalue weighted by molar-refractivity contribution is -0.0814. The second-order valence-electron chi connectivity index (χ2n) is 9.03. The zero-order valence-corrected chi connectivity index (χ0v) is 19.6. The molecule has 0 bridgehead atoms. The first kappa shape index (κ1) is 23.2. The summed E-state index contributed by atoms with van der Waals surface area (Å²) in [5.41, 5.74) is 7.19. The summed E-state index contributed by atoms with van der Waals surface area (Å²) < 4.78 is 0. The minimum Gasteiger partial charge on any atom is -0.381 e. The van der Waals surface area contributed by atoms with E-state index in [1.807, 2.05) is 0 Å². The number of halogens is 1. The van der Waals surface area contributed by atoms with Crippen molar-refractivity contribution in [1.82, 2.24) is 25.1 Å². The van der Waals surface area contributed by atoms with Crippen molar-refractivity contribution in [3.8, 4) is 0 Å². The van der Waals surface area contributed by atoms with E-state index in [0.717, 1.165) is 51.4 Å². The van der Waals surface area contributed by atoms with Crippen LogP contribution in [-0.4, -0.2) is 75.5 Å². The van der Waals surface area contributed by atoms with Gasteiger partial charge in [0, 0.05) is 37.8 Å². The molecule has 4 N–H and O–H groups in total. The Balaban J connectivity index is 1.28. The molecule has 0 saturated carbocycles. The molecule has 4 rings (SSSR count). The van der Waals surface area contributed by atoms with Crippen molar-refractivity contribution in [1.29, 1.82) is 0 Å². The Bertz CT molecular complexity index is 866. The summed E-state index contributed by atoms with van der Waals surface area (Å²) in [4.78, 5) is 15.3. The first-order chi connectivity index (χ1) is 15.4. The van der Waals surface area contributed by atoms with E-state index >= 15 is 0 Å². The van der Waals surface area contributed by atoms with E-state index in [-0.39, 0.29) is 23.1 Å². The van der Waals surface area contributed by atoms with Crippen molar-refractivity contribution in [3.05, 3.63) is 47.2 Å². The molecular weight excluding hydrogens is 426 g/mol. The van der Waals surface area contributed by atoms with Crippen LogP contribution >= 0.6 is 11.6 Å². The molecule has 2 aromatic rings. The van der Waals surface area contributed by atoms with Crippen LogP contribution in [-0.2, 0) is 6.54 Å². The maximum absolute atomic E-state index is 11.0. The van der Waals surface area contributed by atoms with Gasteiger partial charge in [-0.05, 0) is 45.3 Å². The topological polar surface area (TPSA) is 93.8 Å². The maximum atomic E-state index is 11.0. The molecule has 0 spiro atoms. The summed E-state index contributed by atoms with van der Waals surface area (Å²) in [7, 11) is 0. The molecule has 2 aliphatic rings. The average Bonchev–Trinajstić information content (AvgIpc) is 2.77. The molecule has 2 saturated heterocycles. The molecule has 174 valence electrons. The number of aliphatic hydroxyl groups excluding tert-OH is 1. The third-order valence-electron chi connectivity index (χ3n) is 6.55.